The molecule has 3 rings (SSSR count). The van der Waals surface area contributed by atoms with E-state index in [0.717, 1.165) is 5.56 Å². The van der Waals surface area contributed by atoms with Crippen LogP contribution >= 0.6 is 0 Å². The first kappa shape index (κ1) is 21.1. The SMILES string of the molecule is CO[C@H](C(=O)NCc1ccc(C(=N)N)cc1)c1c(F)cc(-c2ccccc2)cc1F. The molecule has 154 valence electrons. The fourth-order valence-electron chi connectivity index (χ4n) is 3.07. The van der Waals surface area contributed by atoms with Gasteiger partial charge in [-0.05, 0) is 28.8 Å². The summed E-state index contributed by atoms with van der Waals surface area (Å²) in [6.07, 6.45) is -1.44. The number of benzene rings is 3. The van der Waals surface area contributed by atoms with Crippen LogP contribution < -0.4 is 11.1 Å². The van der Waals surface area contributed by atoms with Crippen molar-refractivity contribution in [2.45, 2.75) is 12.6 Å². The number of amidine groups is 1. The normalized spacial score (nSPS) is 11.7. The number of ether oxygens (including phenoxy) is 1. The number of rotatable bonds is 7. The van der Waals surface area contributed by atoms with Crippen LogP contribution in [0.15, 0.2) is 66.7 Å². The lowest BCUT2D eigenvalue weighted by atomic mass is 10.00. The number of carbonyl (C=O) groups excluding carboxylic acids is 1. The molecule has 0 aliphatic rings. The van der Waals surface area contributed by atoms with E-state index in [0.29, 0.717) is 16.7 Å². The number of carbonyl (C=O) groups is 1. The lowest BCUT2D eigenvalue weighted by molar-refractivity contribution is -0.131. The number of nitrogens with one attached hydrogen (secondary N) is 2. The van der Waals surface area contributed by atoms with E-state index in [1.807, 2.05) is 6.07 Å². The number of hydrogen-bond acceptors (Lipinski definition) is 3. The van der Waals surface area contributed by atoms with Gasteiger partial charge in [-0.1, -0.05) is 54.6 Å². The fourth-order valence-corrected chi connectivity index (χ4v) is 3.07. The molecule has 0 bridgehead atoms. The maximum atomic E-state index is 14.7. The van der Waals surface area contributed by atoms with Gasteiger partial charge in [-0.3, -0.25) is 10.2 Å². The molecule has 3 aromatic carbocycles. The van der Waals surface area contributed by atoms with Crippen molar-refractivity contribution >= 4 is 11.7 Å². The zero-order chi connectivity index (χ0) is 21.7. The topological polar surface area (TPSA) is 88.2 Å². The van der Waals surface area contributed by atoms with Crippen molar-refractivity contribution in [3.63, 3.8) is 0 Å². The van der Waals surface area contributed by atoms with E-state index in [-0.39, 0.29) is 12.4 Å². The highest BCUT2D eigenvalue weighted by Crippen LogP contribution is 2.29. The van der Waals surface area contributed by atoms with Crippen LogP contribution in [0.25, 0.3) is 11.1 Å². The lowest BCUT2D eigenvalue weighted by Gasteiger charge is -2.18. The average molecular weight is 409 g/mol. The molecular weight excluding hydrogens is 388 g/mol. The first-order valence-electron chi connectivity index (χ1n) is 9.19. The van der Waals surface area contributed by atoms with E-state index < -0.39 is 29.2 Å². The Balaban J connectivity index is 1.77. The van der Waals surface area contributed by atoms with Crippen LogP contribution in [0.2, 0.25) is 0 Å². The Morgan fingerprint density at radius 2 is 1.63 bits per heavy atom. The molecule has 1 amide bonds. The second-order valence-electron chi connectivity index (χ2n) is 6.66. The fraction of sp³-hybridized carbons (Fsp3) is 0.130. The summed E-state index contributed by atoms with van der Waals surface area (Å²) >= 11 is 0. The molecule has 3 aromatic rings. The first-order valence-corrected chi connectivity index (χ1v) is 9.19. The number of amides is 1. The van der Waals surface area contributed by atoms with Crippen molar-refractivity contribution in [3.05, 3.63) is 95.1 Å². The molecule has 0 heterocycles. The van der Waals surface area contributed by atoms with Gasteiger partial charge in [-0.25, -0.2) is 8.78 Å². The minimum atomic E-state index is -1.44. The second-order valence-corrected chi connectivity index (χ2v) is 6.66. The zero-order valence-electron chi connectivity index (χ0n) is 16.3. The van der Waals surface area contributed by atoms with E-state index in [9.17, 15) is 13.6 Å². The molecule has 0 aliphatic heterocycles. The summed E-state index contributed by atoms with van der Waals surface area (Å²) in [7, 11) is 1.22. The molecule has 1 atom stereocenters. The van der Waals surface area contributed by atoms with Gasteiger partial charge < -0.3 is 15.8 Å². The first-order chi connectivity index (χ1) is 14.4. The van der Waals surface area contributed by atoms with E-state index >= 15 is 0 Å². The predicted octanol–water partition coefficient (Wildman–Crippen LogP) is 3.92. The number of nitrogens with two attached hydrogens (primary N) is 1. The van der Waals surface area contributed by atoms with Crippen LogP contribution in [0.4, 0.5) is 8.78 Å². The van der Waals surface area contributed by atoms with Crippen molar-refractivity contribution in [1.82, 2.24) is 5.32 Å². The van der Waals surface area contributed by atoms with E-state index in [4.69, 9.17) is 15.9 Å². The minimum Gasteiger partial charge on any atom is -0.384 e. The van der Waals surface area contributed by atoms with Gasteiger partial charge in [-0.15, -0.1) is 0 Å². The summed E-state index contributed by atoms with van der Waals surface area (Å²) in [4.78, 5) is 12.6. The van der Waals surface area contributed by atoms with Gasteiger partial charge in [0.05, 0.1) is 5.56 Å². The van der Waals surface area contributed by atoms with Crippen molar-refractivity contribution in [3.8, 4) is 11.1 Å². The predicted molar refractivity (Wildman–Crippen MR) is 111 cm³/mol. The number of nitrogen functional groups attached to an aromatic ring is 1. The lowest BCUT2D eigenvalue weighted by Crippen LogP contribution is -2.31. The average Bonchev–Trinajstić information content (AvgIpc) is 2.75. The van der Waals surface area contributed by atoms with Gasteiger partial charge in [0.25, 0.3) is 5.91 Å². The van der Waals surface area contributed by atoms with Gasteiger partial charge in [0.15, 0.2) is 6.10 Å². The Hall–Kier alpha value is -3.58. The van der Waals surface area contributed by atoms with Crippen LogP contribution in [-0.4, -0.2) is 18.9 Å². The monoisotopic (exact) mass is 409 g/mol. The van der Waals surface area contributed by atoms with E-state index in [2.05, 4.69) is 5.32 Å². The van der Waals surface area contributed by atoms with Gasteiger partial charge in [-0.2, -0.15) is 0 Å². The van der Waals surface area contributed by atoms with Gasteiger partial charge in [0.1, 0.15) is 17.5 Å². The smallest absolute Gasteiger partial charge is 0.254 e. The summed E-state index contributed by atoms with van der Waals surface area (Å²) in [6, 6.07) is 17.9. The van der Waals surface area contributed by atoms with E-state index in [1.54, 1.807) is 48.5 Å². The highest BCUT2D eigenvalue weighted by Gasteiger charge is 2.27. The van der Waals surface area contributed by atoms with Crippen molar-refractivity contribution in [1.29, 1.82) is 5.41 Å². The van der Waals surface area contributed by atoms with Crippen molar-refractivity contribution in [2.75, 3.05) is 7.11 Å². The molecule has 5 nitrogen and oxygen atoms in total. The molecule has 0 fully saturated rings. The van der Waals surface area contributed by atoms with E-state index in [1.165, 1.54) is 19.2 Å². The second kappa shape index (κ2) is 9.28. The summed E-state index contributed by atoms with van der Waals surface area (Å²) < 4.78 is 34.6. The maximum Gasteiger partial charge on any atom is 0.254 e. The molecule has 0 saturated carbocycles. The standard InChI is InChI=1S/C23H21F2N3O2/c1-30-21(23(29)28-13-14-7-9-16(10-8-14)22(26)27)20-18(24)11-17(12-19(20)25)15-5-3-2-4-6-15/h2-12,21H,13H2,1H3,(H3,26,27)(H,28,29)/t21-/m0/s1. The van der Waals surface area contributed by atoms with Crippen LogP contribution in [0, 0.1) is 17.0 Å². The molecule has 0 radical (unpaired) electrons. The summed E-state index contributed by atoms with van der Waals surface area (Å²) in [5.74, 6) is -2.45. The molecule has 0 unspecified atom stereocenters. The summed E-state index contributed by atoms with van der Waals surface area (Å²) in [6.45, 7) is 0.127. The number of hydrogen-bond donors (Lipinski definition) is 3. The highest BCUT2D eigenvalue weighted by atomic mass is 19.1. The Morgan fingerprint density at radius 1 is 1.03 bits per heavy atom. The third-order valence-corrected chi connectivity index (χ3v) is 4.65. The van der Waals surface area contributed by atoms with Crippen LogP contribution in [-0.2, 0) is 16.1 Å². The van der Waals surface area contributed by atoms with Crippen molar-refractivity contribution < 1.29 is 18.3 Å². The summed E-state index contributed by atoms with van der Waals surface area (Å²) in [5, 5.41) is 10.00. The maximum absolute atomic E-state index is 14.7. The van der Waals surface area contributed by atoms with Gasteiger partial charge in [0, 0.05) is 19.2 Å². The third-order valence-electron chi connectivity index (χ3n) is 4.65. The third kappa shape index (κ3) is 4.69. The van der Waals surface area contributed by atoms with Crippen LogP contribution in [0.5, 0.6) is 0 Å². The largest absolute Gasteiger partial charge is 0.384 e. The summed E-state index contributed by atoms with van der Waals surface area (Å²) in [5.41, 5.74) is 7.30. The number of methoxy groups -OCH3 is 1. The Kier molecular flexibility index (Phi) is 6.54. The van der Waals surface area contributed by atoms with Crippen molar-refractivity contribution in [2.24, 2.45) is 5.73 Å². The Bertz CT molecular complexity index is 1030. The molecule has 0 aliphatic carbocycles. The molecule has 7 heteroatoms. The van der Waals surface area contributed by atoms with Gasteiger partial charge >= 0.3 is 0 Å². The molecule has 0 aromatic heterocycles. The number of halogens is 2. The van der Waals surface area contributed by atoms with Crippen LogP contribution in [0.3, 0.4) is 0 Å². The van der Waals surface area contributed by atoms with Crippen LogP contribution in [0.1, 0.15) is 22.8 Å². The molecular formula is C23H21F2N3O2. The highest BCUT2D eigenvalue weighted by molar-refractivity contribution is 5.94. The molecule has 0 spiro atoms. The molecule has 30 heavy (non-hydrogen) atoms. The quantitative estimate of drug-likeness (QED) is 0.408. The Morgan fingerprint density at radius 3 is 2.17 bits per heavy atom. The minimum absolute atomic E-state index is 0.0602. The Labute approximate surface area is 173 Å². The molecule has 0 saturated heterocycles. The zero-order valence-corrected chi connectivity index (χ0v) is 16.3. The van der Waals surface area contributed by atoms with Gasteiger partial charge in [0.2, 0.25) is 0 Å². The molecule has 4 N–H and O–H groups in total.